The molecule has 0 aliphatic carbocycles. The largest absolute Gasteiger partial charge is 0.396 e. The number of hydrogen-bond donors (Lipinski definition) is 3. The van der Waals surface area contributed by atoms with Crippen molar-refractivity contribution in [2.24, 2.45) is 10.6 Å². The smallest absolute Gasteiger partial charge is 0.240 e. The van der Waals surface area contributed by atoms with Gasteiger partial charge in [0.2, 0.25) is 10.0 Å². The van der Waals surface area contributed by atoms with Gasteiger partial charge in [-0.25, -0.2) is 13.6 Å². The predicted octanol–water partition coefficient (Wildman–Crippen LogP) is 1.54. The van der Waals surface area contributed by atoms with Crippen molar-refractivity contribution in [1.82, 2.24) is 0 Å². The van der Waals surface area contributed by atoms with Gasteiger partial charge in [-0.3, -0.25) is 0 Å². The second kappa shape index (κ2) is 6.36. The molecule has 6 heteroatoms. The summed E-state index contributed by atoms with van der Waals surface area (Å²) in [5, 5.41) is 17.2. The van der Waals surface area contributed by atoms with E-state index in [-0.39, 0.29) is 16.9 Å². The Balaban J connectivity index is 2.79. The summed E-state index contributed by atoms with van der Waals surface area (Å²) >= 11 is 0. The molecule has 0 fully saturated rings. The lowest BCUT2D eigenvalue weighted by atomic mass is 9.88. The Hall–Kier alpha value is -1.11. The minimum Gasteiger partial charge on any atom is -0.396 e. The first-order valence-corrected chi connectivity index (χ1v) is 7.77. The van der Waals surface area contributed by atoms with Crippen LogP contribution in [0, 0.1) is 5.41 Å². The van der Waals surface area contributed by atoms with Gasteiger partial charge in [0.1, 0.15) is 4.90 Å². The van der Waals surface area contributed by atoms with Gasteiger partial charge in [-0.15, -0.1) is 0 Å². The molecule has 5 nitrogen and oxygen atoms in total. The van der Waals surface area contributed by atoms with E-state index in [1.165, 1.54) is 6.07 Å². The van der Waals surface area contributed by atoms with Gasteiger partial charge >= 0.3 is 0 Å². The monoisotopic (exact) mass is 286 g/mol. The van der Waals surface area contributed by atoms with Crippen LogP contribution in [0.25, 0.3) is 0 Å². The van der Waals surface area contributed by atoms with Gasteiger partial charge in [0.05, 0.1) is 5.69 Å². The van der Waals surface area contributed by atoms with Crippen molar-refractivity contribution >= 4 is 15.7 Å². The SMILES string of the molecule is CC(C)(CCCO)CNc1ccccc1S(N)(=O)=O. The molecule has 0 spiro atoms. The number of primary sulfonamides is 1. The minimum atomic E-state index is -3.72. The van der Waals surface area contributed by atoms with Crippen LogP contribution in [0.4, 0.5) is 5.69 Å². The molecule has 0 aliphatic rings. The number of hydrogen-bond acceptors (Lipinski definition) is 4. The average Bonchev–Trinajstić information content (AvgIpc) is 2.33. The fraction of sp³-hybridized carbons (Fsp3) is 0.538. The van der Waals surface area contributed by atoms with E-state index >= 15 is 0 Å². The van der Waals surface area contributed by atoms with Gasteiger partial charge in [-0.05, 0) is 30.4 Å². The molecule has 108 valence electrons. The molecule has 0 heterocycles. The number of aliphatic hydroxyl groups is 1. The second-order valence-corrected chi connectivity index (χ2v) is 6.92. The van der Waals surface area contributed by atoms with Crippen molar-refractivity contribution in [3.05, 3.63) is 24.3 Å². The molecular weight excluding hydrogens is 264 g/mol. The Bertz CT molecular complexity index is 512. The summed E-state index contributed by atoms with van der Waals surface area (Å²) in [6.45, 7) is 4.90. The molecule has 0 radical (unpaired) electrons. The van der Waals surface area contributed by atoms with Crippen LogP contribution in [-0.2, 0) is 10.0 Å². The van der Waals surface area contributed by atoms with E-state index in [0.717, 1.165) is 12.8 Å². The van der Waals surface area contributed by atoms with Crippen molar-refractivity contribution in [3.63, 3.8) is 0 Å². The van der Waals surface area contributed by atoms with Crippen molar-refractivity contribution in [2.75, 3.05) is 18.5 Å². The Morgan fingerprint density at radius 3 is 2.53 bits per heavy atom. The van der Waals surface area contributed by atoms with Crippen molar-refractivity contribution in [3.8, 4) is 0 Å². The highest BCUT2D eigenvalue weighted by Crippen LogP contribution is 2.25. The van der Waals surface area contributed by atoms with Gasteiger partial charge in [-0.2, -0.15) is 0 Å². The van der Waals surface area contributed by atoms with Gasteiger partial charge in [-0.1, -0.05) is 26.0 Å². The number of nitrogens with one attached hydrogen (secondary N) is 1. The summed E-state index contributed by atoms with van der Waals surface area (Å²) in [6, 6.07) is 6.58. The van der Waals surface area contributed by atoms with Crippen molar-refractivity contribution in [2.45, 2.75) is 31.6 Å². The lowest BCUT2D eigenvalue weighted by molar-refractivity contribution is 0.248. The van der Waals surface area contributed by atoms with Crippen LogP contribution in [-0.4, -0.2) is 26.7 Å². The maximum atomic E-state index is 11.5. The maximum Gasteiger partial charge on any atom is 0.240 e. The van der Waals surface area contributed by atoms with E-state index in [4.69, 9.17) is 10.2 Å². The van der Waals surface area contributed by atoms with Crippen LogP contribution in [0.3, 0.4) is 0 Å². The Kier molecular flexibility index (Phi) is 5.34. The van der Waals surface area contributed by atoms with Crippen molar-refractivity contribution in [1.29, 1.82) is 0 Å². The Morgan fingerprint density at radius 2 is 1.95 bits per heavy atom. The molecule has 1 rings (SSSR count). The fourth-order valence-electron chi connectivity index (χ4n) is 1.84. The normalized spacial score (nSPS) is 12.4. The molecule has 0 aliphatic heterocycles. The summed E-state index contributed by atoms with van der Waals surface area (Å²) in [6.07, 6.45) is 1.58. The molecule has 1 aromatic carbocycles. The second-order valence-electron chi connectivity index (χ2n) is 5.39. The number of rotatable bonds is 7. The zero-order valence-electron chi connectivity index (χ0n) is 11.4. The van der Waals surface area contributed by atoms with Gasteiger partial charge < -0.3 is 10.4 Å². The number of nitrogens with two attached hydrogens (primary N) is 1. The highest BCUT2D eigenvalue weighted by molar-refractivity contribution is 7.89. The number of sulfonamides is 1. The third-order valence-electron chi connectivity index (χ3n) is 2.96. The quantitative estimate of drug-likeness (QED) is 0.709. The third-order valence-corrected chi connectivity index (χ3v) is 3.93. The summed E-state index contributed by atoms with van der Waals surface area (Å²) in [4.78, 5) is 0.105. The molecule has 0 atom stereocenters. The molecule has 0 amide bonds. The molecular formula is C13H22N2O3S. The lowest BCUT2D eigenvalue weighted by Crippen LogP contribution is -2.24. The predicted molar refractivity (Wildman–Crippen MR) is 76.4 cm³/mol. The molecule has 0 saturated heterocycles. The van der Waals surface area contributed by atoms with Crippen LogP contribution < -0.4 is 10.5 Å². The molecule has 19 heavy (non-hydrogen) atoms. The first-order chi connectivity index (χ1) is 8.76. The summed E-state index contributed by atoms with van der Waals surface area (Å²) in [5.74, 6) is 0. The number of benzene rings is 1. The van der Waals surface area contributed by atoms with E-state index in [1.54, 1.807) is 18.2 Å². The maximum absolute atomic E-state index is 11.5. The summed E-state index contributed by atoms with van der Waals surface area (Å²) in [5.41, 5.74) is 0.482. The van der Waals surface area contributed by atoms with Crippen LogP contribution in [0.2, 0.25) is 0 Å². The molecule has 0 unspecified atom stereocenters. The van der Waals surface area contributed by atoms with E-state index in [1.807, 2.05) is 0 Å². The fourth-order valence-corrected chi connectivity index (χ4v) is 2.56. The van der Waals surface area contributed by atoms with Crippen LogP contribution in [0.1, 0.15) is 26.7 Å². The Morgan fingerprint density at radius 1 is 1.32 bits per heavy atom. The van der Waals surface area contributed by atoms with E-state index in [9.17, 15) is 8.42 Å². The lowest BCUT2D eigenvalue weighted by Gasteiger charge is -2.25. The average molecular weight is 286 g/mol. The topological polar surface area (TPSA) is 92.4 Å². The Labute approximate surface area is 114 Å². The van der Waals surface area contributed by atoms with Gasteiger partial charge in [0.15, 0.2) is 0 Å². The number of para-hydroxylation sites is 1. The first-order valence-electron chi connectivity index (χ1n) is 6.23. The molecule has 4 N–H and O–H groups in total. The molecule has 0 saturated carbocycles. The summed E-state index contributed by atoms with van der Waals surface area (Å²) < 4.78 is 22.9. The molecule has 1 aromatic rings. The van der Waals surface area contributed by atoms with Crippen LogP contribution in [0.15, 0.2) is 29.2 Å². The highest BCUT2D eigenvalue weighted by atomic mass is 32.2. The van der Waals surface area contributed by atoms with Gasteiger partial charge in [0, 0.05) is 13.2 Å². The van der Waals surface area contributed by atoms with Crippen LogP contribution >= 0.6 is 0 Å². The number of anilines is 1. The summed E-state index contributed by atoms with van der Waals surface area (Å²) in [7, 11) is -3.72. The zero-order chi connectivity index (χ0) is 14.5. The van der Waals surface area contributed by atoms with E-state index in [0.29, 0.717) is 12.2 Å². The standard InChI is InChI=1S/C13H22N2O3S/c1-13(2,8-5-9-16)10-15-11-6-3-4-7-12(11)19(14,17)18/h3-4,6-7,15-16H,5,8-10H2,1-2H3,(H2,14,17,18). The minimum absolute atomic E-state index is 0.0335. The zero-order valence-corrected chi connectivity index (χ0v) is 12.2. The van der Waals surface area contributed by atoms with Crippen LogP contribution in [0.5, 0.6) is 0 Å². The first kappa shape index (κ1) is 15.9. The third kappa shape index (κ3) is 5.18. The molecule has 0 bridgehead atoms. The molecule has 0 aromatic heterocycles. The van der Waals surface area contributed by atoms with E-state index in [2.05, 4.69) is 19.2 Å². The van der Waals surface area contributed by atoms with Crippen molar-refractivity contribution < 1.29 is 13.5 Å². The van der Waals surface area contributed by atoms with E-state index < -0.39 is 10.0 Å². The number of aliphatic hydroxyl groups excluding tert-OH is 1. The van der Waals surface area contributed by atoms with Gasteiger partial charge in [0.25, 0.3) is 0 Å². The highest BCUT2D eigenvalue weighted by Gasteiger charge is 2.19.